The van der Waals surface area contributed by atoms with Crippen LogP contribution in [-0.2, 0) is 0 Å². The number of rotatable bonds is 5. The molecule has 25 heavy (non-hydrogen) atoms. The number of carbonyl (C=O) groups excluding carboxylic acids is 2. The van der Waals surface area contributed by atoms with Crippen LogP contribution in [0.15, 0.2) is 12.1 Å². The van der Waals surface area contributed by atoms with Crippen LogP contribution in [0.3, 0.4) is 0 Å². The van der Waals surface area contributed by atoms with Crippen LogP contribution in [0.25, 0.3) is 0 Å². The highest BCUT2D eigenvalue weighted by molar-refractivity contribution is 6.22. The number of nitro groups is 1. The number of likely N-dealkylation sites (N-methyl/N-ethyl adjacent to an activating group) is 1. The quantitative estimate of drug-likeness (QED) is 0.355. The average molecular weight is 347 g/mol. The summed E-state index contributed by atoms with van der Waals surface area (Å²) in [6.45, 7) is 5.07. The number of benzene rings is 1. The molecule has 134 valence electrons. The molecule has 2 aliphatic heterocycles. The number of nitrogen functional groups attached to an aromatic ring is 1. The second kappa shape index (κ2) is 6.77. The summed E-state index contributed by atoms with van der Waals surface area (Å²) in [5.41, 5.74) is 5.37. The Bertz CT molecular complexity index is 727. The lowest BCUT2D eigenvalue weighted by Gasteiger charge is -2.32. The number of nitro benzene ring substituents is 1. The maximum Gasteiger partial charge on any atom is 0.292 e. The lowest BCUT2D eigenvalue weighted by Crippen LogP contribution is -2.45. The van der Waals surface area contributed by atoms with E-state index in [2.05, 4.69) is 16.8 Å². The van der Waals surface area contributed by atoms with Gasteiger partial charge >= 0.3 is 0 Å². The first kappa shape index (κ1) is 17.3. The van der Waals surface area contributed by atoms with Gasteiger partial charge in [0, 0.05) is 38.8 Å². The third kappa shape index (κ3) is 3.33. The number of imide groups is 1. The first-order chi connectivity index (χ1) is 11.9. The fourth-order valence-corrected chi connectivity index (χ4v) is 3.23. The first-order valence-corrected chi connectivity index (χ1v) is 8.23. The molecule has 1 saturated heterocycles. The molecule has 0 unspecified atom stereocenters. The molecule has 2 N–H and O–H groups in total. The van der Waals surface area contributed by atoms with Crippen LogP contribution in [0.2, 0.25) is 0 Å². The van der Waals surface area contributed by atoms with E-state index < -0.39 is 16.7 Å². The predicted molar refractivity (Wildman–Crippen MR) is 91.4 cm³/mol. The molecule has 2 aliphatic rings. The molecule has 9 nitrogen and oxygen atoms in total. The maximum atomic E-state index is 12.4. The number of nitrogens with zero attached hydrogens (tertiary/aromatic N) is 4. The average Bonchev–Trinajstić information content (AvgIpc) is 2.80. The Kier molecular flexibility index (Phi) is 4.69. The van der Waals surface area contributed by atoms with Crippen molar-refractivity contribution in [1.82, 2.24) is 14.7 Å². The largest absolute Gasteiger partial charge is 0.393 e. The molecule has 1 fully saturated rings. The van der Waals surface area contributed by atoms with Gasteiger partial charge in [-0.15, -0.1) is 0 Å². The smallest absolute Gasteiger partial charge is 0.292 e. The molecule has 2 heterocycles. The topological polar surface area (TPSA) is 113 Å². The van der Waals surface area contributed by atoms with Gasteiger partial charge in [-0.3, -0.25) is 24.6 Å². The number of fused-ring (bicyclic) bond motifs is 1. The minimum Gasteiger partial charge on any atom is -0.393 e. The van der Waals surface area contributed by atoms with Crippen molar-refractivity contribution >= 4 is 23.2 Å². The third-order valence-electron chi connectivity index (χ3n) is 4.77. The number of hydrogen-bond donors (Lipinski definition) is 1. The van der Waals surface area contributed by atoms with E-state index in [1.54, 1.807) is 0 Å². The number of nitrogens with two attached hydrogens (primary N) is 1. The van der Waals surface area contributed by atoms with E-state index in [1.807, 2.05) is 0 Å². The molecule has 0 spiro atoms. The van der Waals surface area contributed by atoms with Crippen molar-refractivity contribution in [3.05, 3.63) is 33.4 Å². The number of carbonyl (C=O) groups is 2. The Hall–Kier alpha value is -2.52. The standard InChI is InChI=1S/C16H21N5O4/c1-18-5-7-19(8-6-18)3-2-4-20-15(22)11-9-13(17)14(21(24)25)10-12(11)16(20)23/h9-10H,2-8,17H2,1H3. The summed E-state index contributed by atoms with van der Waals surface area (Å²) in [5.74, 6) is -0.915. The van der Waals surface area contributed by atoms with Gasteiger partial charge in [0.2, 0.25) is 0 Å². The van der Waals surface area contributed by atoms with Gasteiger partial charge in [-0.05, 0) is 26.1 Å². The van der Waals surface area contributed by atoms with Gasteiger partial charge in [-0.25, -0.2) is 0 Å². The molecule has 1 aromatic carbocycles. The molecular formula is C16H21N5O4. The van der Waals surface area contributed by atoms with Crippen molar-refractivity contribution in [2.45, 2.75) is 6.42 Å². The molecule has 9 heteroatoms. The maximum absolute atomic E-state index is 12.4. The van der Waals surface area contributed by atoms with Crippen molar-refractivity contribution < 1.29 is 14.5 Å². The van der Waals surface area contributed by atoms with Gasteiger partial charge in [0.05, 0.1) is 16.1 Å². The molecule has 0 radical (unpaired) electrons. The Labute approximate surface area is 145 Å². The fourth-order valence-electron chi connectivity index (χ4n) is 3.23. The molecule has 2 amide bonds. The second-order valence-corrected chi connectivity index (χ2v) is 6.47. The van der Waals surface area contributed by atoms with Crippen LogP contribution in [0.4, 0.5) is 11.4 Å². The Balaban J connectivity index is 1.65. The van der Waals surface area contributed by atoms with Gasteiger partial charge in [0.1, 0.15) is 5.69 Å². The van der Waals surface area contributed by atoms with Crippen LogP contribution in [-0.4, -0.2) is 77.8 Å². The minimum atomic E-state index is -0.649. The van der Waals surface area contributed by atoms with Gasteiger partial charge in [-0.1, -0.05) is 0 Å². The summed E-state index contributed by atoms with van der Waals surface area (Å²) in [5, 5.41) is 11.0. The van der Waals surface area contributed by atoms with Gasteiger partial charge in [-0.2, -0.15) is 0 Å². The van der Waals surface area contributed by atoms with E-state index in [0.29, 0.717) is 13.0 Å². The number of hydrogen-bond acceptors (Lipinski definition) is 7. The van der Waals surface area contributed by atoms with Crippen molar-refractivity contribution in [3.63, 3.8) is 0 Å². The third-order valence-corrected chi connectivity index (χ3v) is 4.77. The van der Waals surface area contributed by atoms with E-state index >= 15 is 0 Å². The SMILES string of the molecule is CN1CCN(CCCN2C(=O)c3cc(N)c([N+](=O)[O-])cc3C2=O)CC1. The lowest BCUT2D eigenvalue weighted by atomic mass is 10.1. The number of amides is 2. The van der Waals surface area contributed by atoms with Crippen molar-refractivity contribution in [3.8, 4) is 0 Å². The van der Waals surface area contributed by atoms with Crippen LogP contribution in [0.1, 0.15) is 27.1 Å². The van der Waals surface area contributed by atoms with Crippen molar-refractivity contribution in [2.24, 2.45) is 0 Å². The summed E-state index contributed by atoms with van der Waals surface area (Å²) in [6, 6.07) is 2.33. The molecule has 1 aromatic rings. The second-order valence-electron chi connectivity index (χ2n) is 6.47. The first-order valence-electron chi connectivity index (χ1n) is 8.23. The number of piperazine rings is 1. The normalized spacial score (nSPS) is 18.7. The zero-order valence-corrected chi connectivity index (χ0v) is 14.1. The summed E-state index contributed by atoms with van der Waals surface area (Å²) in [6.07, 6.45) is 0.673. The molecule has 0 atom stereocenters. The lowest BCUT2D eigenvalue weighted by molar-refractivity contribution is -0.383. The van der Waals surface area contributed by atoms with Crippen molar-refractivity contribution in [2.75, 3.05) is 52.0 Å². The van der Waals surface area contributed by atoms with Crippen LogP contribution >= 0.6 is 0 Å². The molecule has 0 saturated carbocycles. The van der Waals surface area contributed by atoms with Gasteiger partial charge in [0.15, 0.2) is 0 Å². The summed E-state index contributed by atoms with van der Waals surface area (Å²) < 4.78 is 0. The molecule has 3 rings (SSSR count). The van der Waals surface area contributed by atoms with E-state index in [4.69, 9.17) is 5.73 Å². The Morgan fingerprint density at radius 3 is 2.28 bits per heavy atom. The summed E-state index contributed by atoms with van der Waals surface area (Å²) >= 11 is 0. The van der Waals surface area contributed by atoms with Crippen molar-refractivity contribution in [1.29, 1.82) is 0 Å². The van der Waals surface area contributed by atoms with Gasteiger partial charge < -0.3 is 15.5 Å². The Morgan fingerprint density at radius 2 is 1.68 bits per heavy atom. The van der Waals surface area contributed by atoms with Crippen LogP contribution < -0.4 is 5.73 Å². The van der Waals surface area contributed by atoms with Crippen LogP contribution in [0.5, 0.6) is 0 Å². The summed E-state index contributed by atoms with van der Waals surface area (Å²) in [7, 11) is 2.08. The molecule has 0 bridgehead atoms. The zero-order valence-electron chi connectivity index (χ0n) is 14.1. The van der Waals surface area contributed by atoms with E-state index in [0.717, 1.165) is 43.7 Å². The monoisotopic (exact) mass is 347 g/mol. The predicted octanol–water partition coefficient (Wildman–Crippen LogP) is 0.410. The van der Waals surface area contributed by atoms with E-state index in [9.17, 15) is 19.7 Å². The van der Waals surface area contributed by atoms with E-state index in [1.165, 1.54) is 6.07 Å². The number of anilines is 1. The highest BCUT2D eigenvalue weighted by atomic mass is 16.6. The highest BCUT2D eigenvalue weighted by Crippen LogP contribution is 2.31. The highest BCUT2D eigenvalue weighted by Gasteiger charge is 2.37. The minimum absolute atomic E-state index is 0.0606. The molecule has 0 aliphatic carbocycles. The zero-order chi connectivity index (χ0) is 18.1. The Morgan fingerprint density at radius 1 is 1.08 bits per heavy atom. The van der Waals surface area contributed by atoms with E-state index in [-0.39, 0.29) is 22.5 Å². The molecule has 0 aromatic heterocycles. The molecular weight excluding hydrogens is 326 g/mol. The summed E-state index contributed by atoms with van der Waals surface area (Å²) in [4.78, 5) is 40.9. The fraction of sp³-hybridized carbons (Fsp3) is 0.500. The van der Waals surface area contributed by atoms with Crippen LogP contribution in [0, 0.1) is 10.1 Å². The van der Waals surface area contributed by atoms with Gasteiger partial charge in [0.25, 0.3) is 17.5 Å².